The van der Waals surface area contributed by atoms with Crippen LogP contribution in [0.5, 0.6) is 0 Å². The van der Waals surface area contributed by atoms with Crippen LogP contribution in [-0.2, 0) is 20.7 Å². The van der Waals surface area contributed by atoms with E-state index in [4.69, 9.17) is 10.5 Å². The number of methoxy groups -OCH3 is 1. The first-order chi connectivity index (χ1) is 9.93. The Bertz CT molecular complexity index is 460. The molecule has 0 fully saturated rings. The van der Waals surface area contributed by atoms with E-state index in [2.05, 4.69) is 5.32 Å². The van der Waals surface area contributed by atoms with E-state index in [1.165, 1.54) is 7.11 Å². The number of amides is 1. The molecule has 116 valence electrons. The Morgan fingerprint density at radius 1 is 1.24 bits per heavy atom. The fourth-order valence-electron chi connectivity index (χ4n) is 1.89. The molecule has 21 heavy (non-hydrogen) atoms. The number of benzene rings is 1. The predicted molar refractivity (Wildman–Crippen MR) is 81.5 cm³/mol. The van der Waals surface area contributed by atoms with Gasteiger partial charge in [0, 0.05) is 18.9 Å². The number of nitrogens with two attached hydrogens (primary N) is 1. The van der Waals surface area contributed by atoms with Gasteiger partial charge < -0.3 is 15.8 Å². The minimum absolute atomic E-state index is 0.194. The predicted octanol–water partition coefficient (Wildman–Crippen LogP) is 1.26. The third-order valence-corrected chi connectivity index (χ3v) is 3.38. The van der Waals surface area contributed by atoms with Gasteiger partial charge in [0.05, 0.1) is 7.11 Å². The molecule has 1 amide bonds. The molecule has 1 aromatic rings. The summed E-state index contributed by atoms with van der Waals surface area (Å²) in [5.41, 5.74) is 6.84. The van der Waals surface area contributed by atoms with Crippen LogP contribution in [0, 0.1) is 5.92 Å². The monoisotopic (exact) mass is 292 g/mol. The van der Waals surface area contributed by atoms with E-state index < -0.39 is 12.0 Å². The average molecular weight is 292 g/mol. The van der Waals surface area contributed by atoms with Crippen LogP contribution in [0.2, 0.25) is 0 Å². The molecule has 0 aromatic heterocycles. The van der Waals surface area contributed by atoms with Gasteiger partial charge in [-0.2, -0.15) is 0 Å². The molecule has 0 heterocycles. The van der Waals surface area contributed by atoms with Crippen molar-refractivity contribution in [2.45, 2.75) is 38.8 Å². The minimum atomic E-state index is -0.690. The molecule has 0 radical (unpaired) electrons. The number of hydrogen-bond donors (Lipinski definition) is 2. The molecule has 0 aliphatic rings. The number of esters is 1. The molecular formula is C16H24N2O3. The fraction of sp³-hybridized carbons (Fsp3) is 0.500. The van der Waals surface area contributed by atoms with E-state index in [0.717, 1.165) is 5.56 Å². The molecule has 0 spiro atoms. The summed E-state index contributed by atoms with van der Waals surface area (Å²) in [5, 5.41) is 2.71. The SMILES string of the molecule is COC(=O)C(Cc1ccccc1)NC(=O)CC(N)C(C)C. The highest BCUT2D eigenvalue weighted by molar-refractivity contribution is 5.84. The van der Waals surface area contributed by atoms with Crippen LogP contribution < -0.4 is 11.1 Å². The van der Waals surface area contributed by atoms with Crippen molar-refractivity contribution in [1.82, 2.24) is 5.32 Å². The summed E-state index contributed by atoms with van der Waals surface area (Å²) in [7, 11) is 1.31. The van der Waals surface area contributed by atoms with Crippen LogP contribution in [0.25, 0.3) is 0 Å². The van der Waals surface area contributed by atoms with Gasteiger partial charge >= 0.3 is 5.97 Å². The smallest absolute Gasteiger partial charge is 0.328 e. The quantitative estimate of drug-likeness (QED) is 0.741. The van der Waals surface area contributed by atoms with Crippen LogP contribution in [0.1, 0.15) is 25.8 Å². The van der Waals surface area contributed by atoms with Gasteiger partial charge in [-0.25, -0.2) is 4.79 Å². The molecule has 0 aliphatic carbocycles. The van der Waals surface area contributed by atoms with E-state index in [1.807, 2.05) is 44.2 Å². The van der Waals surface area contributed by atoms with Gasteiger partial charge in [0.2, 0.25) is 5.91 Å². The van der Waals surface area contributed by atoms with E-state index in [0.29, 0.717) is 6.42 Å². The number of ether oxygens (including phenoxy) is 1. The molecule has 0 aliphatic heterocycles. The average Bonchev–Trinajstić information content (AvgIpc) is 2.46. The maximum Gasteiger partial charge on any atom is 0.328 e. The number of carbonyl (C=O) groups excluding carboxylic acids is 2. The molecule has 0 saturated carbocycles. The first-order valence-corrected chi connectivity index (χ1v) is 7.10. The Balaban J connectivity index is 2.66. The lowest BCUT2D eigenvalue weighted by atomic mass is 10.0. The number of nitrogens with one attached hydrogen (secondary N) is 1. The van der Waals surface area contributed by atoms with Gasteiger partial charge in [-0.15, -0.1) is 0 Å². The van der Waals surface area contributed by atoms with Crippen molar-refractivity contribution in [2.24, 2.45) is 11.7 Å². The second kappa shape index (κ2) is 8.42. The third kappa shape index (κ3) is 5.95. The maximum atomic E-state index is 12.0. The van der Waals surface area contributed by atoms with Crippen LogP contribution in [-0.4, -0.2) is 31.1 Å². The van der Waals surface area contributed by atoms with E-state index in [1.54, 1.807) is 0 Å². The molecule has 2 atom stereocenters. The Morgan fingerprint density at radius 3 is 2.38 bits per heavy atom. The van der Waals surface area contributed by atoms with Crippen molar-refractivity contribution >= 4 is 11.9 Å². The molecule has 0 bridgehead atoms. The summed E-state index contributed by atoms with van der Waals surface area (Å²) in [6.45, 7) is 3.92. The molecule has 5 heteroatoms. The number of rotatable bonds is 7. The molecule has 5 nitrogen and oxygen atoms in total. The summed E-state index contributed by atoms with van der Waals surface area (Å²) in [6.07, 6.45) is 0.593. The largest absolute Gasteiger partial charge is 0.467 e. The van der Waals surface area contributed by atoms with Crippen molar-refractivity contribution in [3.8, 4) is 0 Å². The molecule has 3 N–H and O–H groups in total. The Morgan fingerprint density at radius 2 is 1.86 bits per heavy atom. The highest BCUT2D eigenvalue weighted by atomic mass is 16.5. The van der Waals surface area contributed by atoms with E-state index in [9.17, 15) is 9.59 Å². The zero-order valence-corrected chi connectivity index (χ0v) is 12.8. The Hall–Kier alpha value is -1.88. The standard InChI is InChI=1S/C16H24N2O3/c1-11(2)13(17)10-15(19)18-14(16(20)21-3)9-12-7-5-4-6-8-12/h4-8,11,13-14H,9-10,17H2,1-3H3,(H,18,19). The highest BCUT2D eigenvalue weighted by Crippen LogP contribution is 2.07. The van der Waals surface area contributed by atoms with Crippen molar-refractivity contribution in [3.05, 3.63) is 35.9 Å². The van der Waals surface area contributed by atoms with E-state index >= 15 is 0 Å². The summed E-state index contributed by atoms with van der Waals surface area (Å²) in [6, 6.07) is 8.57. The molecular weight excluding hydrogens is 268 g/mol. The first kappa shape index (κ1) is 17.2. The summed E-state index contributed by atoms with van der Waals surface area (Å²) in [4.78, 5) is 23.8. The van der Waals surface area contributed by atoms with Crippen molar-refractivity contribution in [1.29, 1.82) is 0 Å². The number of hydrogen-bond acceptors (Lipinski definition) is 4. The molecule has 1 aromatic carbocycles. The molecule has 0 saturated heterocycles. The van der Waals surface area contributed by atoms with Crippen LogP contribution in [0.4, 0.5) is 0 Å². The second-order valence-corrected chi connectivity index (χ2v) is 5.44. The Labute approximate surface area is 125 Å². The van der Waals surface area contributed by atoms with Gasteiger partial charge in [0.25, 0.3) is 0 Å². The minimum Gasteiger partial charge on any atom is -0.467 e. The van der Waals surface area contributed by atoms with Crippen molar-refractivity contribution in [3.63, 3.8) is 0 Å². The van der Waals surface area contributed by atoms with Crippen LogP contribution >= 0.6 is 0 Å². The first-order valence-electron chi connectivity index (χ1n) is 7.10. The van der Waals surface area contributed by atoms with Gasteiger partial charge in [-0.05, 0) is 11.5 Å². The van der Waals surface area contributed by atoms with Crippen molar-refractivity contribution < 1.29 is 14.3 Å². The molecule has 2 unspecified atom stereocenters. The molecule has 1 rings (SSSR count). The van der Waals surface area contributed by atoms with Gasteiger partial charge in [0.1, 0.15) is 6.04 Å². The van der Waals surface area contributed by atoms with Crippen LogP contribution in [0.3, 0.4) is 0 Å². The third-order valence-electron chi connectivity index (χ3n) is 3.38. The zero-order chi connectivity index (χ0) is 15.8. The second-order valence-electron chi connectivity index (χ2n) is 5.44. The van der Waals surface area contributed by atoms with Crippen molar-refractivity contribution in [2.75, 3.05) is 7.11 Å². The Kier molecular flexibility index (Phi) is 6.88. The fourth-order valence-corrected chi connectivity index (χ4v) is 1.89. The summed E-state index contributed by atoms with van der Waals surface area (Å²) < 4.78 is 4.75. The lowest BCUT2D eigenvalue weighted by molar-refractivity contribution is -0.145. The topological polar surface area (TPSA) is 81.4 Å². The summed E-state index contributed by atoms with van der Waals surface area (Å²) in [5.74, 6) is -0.477. The zero-order valence-electron chi connectivity index (χ0n) is 12.8. The van der Waals surface area contributed by atoms with E-state index in [-0.39, 0.29) is 24.3 Å². The van der Waals surface area contributed by atoms with Gasteiger partial charge in [0.15, 0.2) is 0 Å². The maximum absolute atomic E-state index is 12.0. The van der Waals surface area contributed by atoms with Gasteiger partial charge in [-0.1, -0.05) is 44.2 Å². The van der Waals surface area contributed by atoms with Crippen LogP contribution in [0.15, 0.2) is 30.3 Å². The lowest BCUT2D eigenvalue weighted by Crippen LogP contribution is -2.45. The van der Waals surface area contributed by atoms with Gasteiger partial charge in [-0.3, -0.25) is 4.79 Å². The normalized spacial score (nSPS) is 13.6. The summed E-state index contributed by atoms with van der Waals surface area (Å²) >= 11 is 0. The highest BCUT2D eigenvalue weighted by Gasteiger charge is 2.23. The number of carbonyl (C=O) groups is 2. The lowest BCUT2D eigenvalue weighted by Gasteiger charge is -2.19.